The van der Waals surface area contributed by atoms with E-state index in [1.807, 2.05) is 12.1 Å². The van der Waals surface area contributed by atoms with Crippen molar-refractivity contribution in [2.24, 2.45) is 0 Å². The van der Waals surface area contributed by atoms with Crippen molar-refractivity contribution in [3.8, 4) is 11.5 Å². The third-order valence-corrected chi connectivity index (χ3v) is 3.37. The van der Waals surface area contributed by atoms with Gasteiger partial charge in [0.05, 0.1) is 26.9 Å². The van der Waals surface area contributed by atoms with Gasteiger partial charge >= 0.3 is 0 Å². The average molecular weight is 297 g/mol. The molecule has 0 saturated carbocycles. The van der Waals surface area contributed by atoms with E-state index in [1.165, 1.54) is 5.56 Å². The molecule has 5 heteroatoms. The highest BCUT2D eigenvalue weighted by Crippen LogP contribution is 2.27. The Morgan fingerprint density at radius 1 is 1.05 bits per heavy atom. The minimum Gasteiger partial charge on any atom is -0.493 e. The summed E-state index contributed by atoms with van der Waals surface area (Å²) in [5.41, 5.74) is 1.20. The Balaban J connectivity index is 2.52. The minimum atomic E-state index is 0.0721. The molecule has 0 aliphatic carbocycles. The van der Waals surface area contributed by atoms with Gasteiger partial charge in [-0.15, -0.1) is 0 Å². The zero-order chi connectivity index (χ0) is 15.7. The maximum atomic E-state index is 5.33. The lowest BCUT2D eigenvalue weighted by atomic mass is 10.1. The number of hydrogen-bond donors (Lipinski definition) is 1. The average Bonchev–Trinajstić information content (AvgIpc) is 2.51. The van der Waals surface area contributed by atoms with Crippen LogP contribution in [-0.4, -0.2) is 53.7 Å². The van der Waals surface area contributed by atoms with Gasteiger partial charge in [-0.1, -0.05) is 6.07 Å². The molecule has 2 atom stereocenters. The van der Waals surface area contributed by atoms with E-state index in [-0.39, 0.29) is 6.10 Å². The van der Waals surface area contributed by atoms with Gasteiger partial charge < -0.3 is 24.3 Å². The predicted molar refractivity (Wildman–Crippen MR) is 83.4 cm³/mol. The number of ether oxygens (including phenoxy) is 4. The molecule has 5 nitrogen and oxygen atoms in total. The van der Waals surface area contributed by atoms with Gasteiger partial charge in [-0.2, -0.15) is 0 Å². The Morgan fingerprint density at radius 3 is 2.33 bits per heavy atom. The van der Waals surface area contributed by atoms with Gasteiger partial charge in [-0.05, 0) is 31.0 Å². The molecule has 0 heterocycles. The number of methoxy groups -OCH3 is 4. The van der Waals surface area contributed by atoms with Crippen molar-refractivity contribution in [2.45, 2.75) is 25.5 Å². The van der Waals surface area contributed by atoms with Gasteiger partial charge in [0.25, 0.3) is 0 Å². The number of hydrogen-bond acceptors (Lipinski definition) is 5. The van der Waals surface area contributed by atoms with E-state index >= 15 is 0 Å². The van der Waals surface area contributed by atoms with Crippen LogP contribution in [0.25, 0.3) is 0 Å². The molecule has 0 radical (unpaired) electrons. The highest BCUT2D eigenvalue weighted by molar-refractivity contribution is 5.43. The number of benzene rings is 1. The van der Waals surface area contributed by atoms with E-state index in [4.69, 9.17) is 18.9 Å². The summed E-state index contributed by atoms with van der Waals surface area (Å²) in [7, 11) is 6.67. The van der Waals surface area contributed by atoms with Gasteiger partial charge in [-0.3, -0.25) is 0 Å². The fourth-order valence-corrected chi connectivity index (χ4v) is 2.16. The highest BCUT2D eigenvalue weighted by Gasteiger charge is 2.11. The second-order valence-corrected chi connectivity index (χ2v) is 5.02. The Morgan fingerprint density at radius 2 is 1.76 bits per heavy atom. The van der Waals surface area contributed by atoms with Crippen molar-refractivity contribution in [1.29, 1.82) is 0 Å². The SMILES string of the molecule is COCC(CNC(C)Cc1ccc(OC)c(OC)c1)OC. The molecule has 21 heavy (non-hydrogen) atoms. The second-order valence-electron chi connectivity index (χ2n) is 5.02. The lowest BCUT2D eigenvalue weighted by Gasteiger charge is -2.19. The molecular formula is C16H27NO4. The largest absolute Gasteiger partial charge is 0.493 e. The van der Waals surface area contributed by atoms with Crippen molar-refractivity contribution in [2.75, 3.05) is 41.6 Å². The van der Waals surface area contributed by atoms with Crippen LogP contribution in [0.1, 0.15) is 12.5 Å². The van der Waals surface area contributed by atoms with Gasteiger partial charge in [0.2, 0.25) is 0 Å². The van der Waals surface area contributed by atoms with Gasteiger partial charge in [-0.25, -0.2) is 0 Å². The smallest absolute Gasteiger partial charge is 0.160 e. The molecule has 1 rings (SSSR count). The van der Waals surface area contributed by atoms with Crippen LogP contribution in [0.5, 0.6) is 11.5 Å². The summed E-state index contributed by atoms with van der Waals surface area (Å²) < 4.78 is 21.0. The molecule has 0 aliphatic rings. The second kappa shape index (κ2) is 9.60. The fourth-order valence-electron chi connectivity index (χ4n) is 2.16. The van der Waals surface area contributed by atoms with Gasteiger partial charge in [0.15, 0.2) is 11.5 Å². The first-order chi connectivity index (χ1) is 10.1. The molecule has 1 N–H and O–H groups in total. The van der Waals surface area contributed by atoms with E-state index < -0.39 is 0 Å². The summed E-state index contributed by atoms with van der Waals surface area (Å²) >= 11 is 0. The summed E-state index contributed by atoms with van der Waals surface area (Å²) in [6.07, 6.45) is 0.979. The van der Waals surface area contributed by atoms with Crippen molar-refractivity contribution in [3.05, 3.63) is 23.8 Å². The number of nitrogens with one attached hydrogen (secondary N) is 1. The van der Waals surface area contributed by atoms with Crippen molar-refractivity contribution in [1.82, 2.24) is 5.32 Å². The Kier molecular flexibility index (Phi) is 8.12. The normalized spacial score (nSPS) is 13.8. The zero-order valence-electron chi connectivity index (χ0n) is 13.6. The van der Waals surface area contributed by atoms with Crippen LogP contribution in [0.3, 0.4) is 0 Å². The van der Waals surface area contributed by atoms with Crippen LogP contribution >= 0.6 is 0 Å². The summed E-state index contributed by atoms with van der Waals surface area (Å²) in [5.74, 6) is 1.51. The highest BCUT2D eigenvalue weighted by atomic mass is 16.5. The van der Waals surface area contributed by atoms with Gasteiger partial charge in [0.1, 0.15) is 0 Å². The molecule has 2 unspecified atom stereocenters. The lowest BCUT2D eigenvalue weighted by molar-refractivity contribution is 0.0276. The van der Waals surface area contributed by atoms with E-state index in [0.29, 0.717) is 12.6 Å². The molecule has 120 valence electrons. The van der Waals surface area contributed by atoms with Crippen molar-refractivity contribution in [3.63, 3.8) is 0 Å². The molecule has 0 fully saturated rings. The summed E-state index contributed by atoms with van der Waals surface area (Å²) in [4.78, 5) is 0. The quantitative estimate of drug-likeness (QED) is 0.714. The molecular weight excluding hydrogens is 270 g/mol. The molecule has 1 aromatic rings. The first-order valence-corrected chi connectivity index (χ1v) is 7.10. The zero-order valence-corrected chi connectivity index (χ0v) is 13.6. The van der Waals surface area contributed by atoms with Crippen LogP contribution in [0.15, 0.2) is 18.2 Å². The Bertz CT molecular complexity index is 411. The molecule has 0 amide bonds. The third kappa shape index (κ3) is 5.91. The number of rotatable bonds is 10. The predicted octanol–water partition coefficient (Wildman–Crippen LogP) is 1.89. The summed E-state index contributed by atoms with van der Waals surface area (Å²) in [6, 6.07) is 6.34. The summed E-state index contributed by atoms with van der Waals surface area (Å²) in [6.45, 7) is 3.50. The molecule has 0 saturated heterocycles. The maximum absolute atomic E-state index is 5.33. The topological polar surface area (TPSA) is 49.0 Å². The van der Waals surface area contributed by atoms with E-state index in [0.717, 1.165) is 24.5 Å². The fraction of sp³-hybridized carbons (Fsp3) is 0.625. The maximum Gasteiger partial charge on any atom is 0.160 e. The standard InChI is InChI=1S/C16H27NO4/c1-12(17-10-14(19-3)11-18-2)8-13-6-7-15(20-4)16(9-13)21-5/h6-7,9,12,14,17H,8,10-11H2,1-5H3. The first-order valence-electron chi connectivity index (χ1n) is 7.10. The first kappa shape index (κ1) is 17.8. The Labute approximate surface area is 127 Å². The lowest BCUT2D eigenvalue weighted by Crippen LogP contribution is -2.37. The van der Waals surface area contributed by atoms with E-state index in [1.54, 1.807) is 28.4 Å². The molecule has 0 aliphatic heterocycles. The van der Waals surface area contributed by atoms with Crippen LogP contribution in [0.2, 0.25) is 0 Å². The van der Waals surface area contributed by atoms with E-state index in [9.17, 15) is 0 Å². The molecule has 0 spiro atoms. The third-order valence-electron chi connectivity index (χ3n) is 3.37. The van der Waals surface area contributed by atoms with Crippen LogP contribution in [-0.2, 0) is 15.9 Å². The van der Waals surface area contributed by atoms with Crippen LogP contribution < -0.4 is 14.8 Å². The van der Waals surface area contributed by atoms with Gasteiger partial charge in [0, 0.05) is 26.8 Å². The van der Waals surface area contributed by atoms with E-state index in [2.05, 4.69) is 18.3 Å². The molecule has 0 aromatic heterocycles. The molecule has 0 bridgehead atoms. The minimum absolute atomic E-state index is 0.0721. The van der Waals surface area contributed by atoms with Crippen LogP contribution in [0.4, 0.5) is 0 Å². The van der Waals surface area contributed by atoms with Crippen molar-refractivity contribution < 1.29 is 18.9 Å². The molecule has 1 aromatic carbocycles. The van der Waals surface area contributed by atoms with Crippen molar-refractivity contribution >= 4 is 0 Å². The Hall–Kier alpha value is -1.30. The monoisotopic (exact) mass is 297 g/mol. The summed E-state index contributed by atoms with van der Waals surface area (Å²) in [5, 5.41) is 3.46. The van der Waals surface area contributed by atoms with Crippen LogP contribution in [0, 0.1) is 0 Å².